The zero-order valence-electron chi connectivity index (χ0n) is 11.8. The molecule has 0 fully saturated rings. The molecule has 112 valence electrons. The number of rotatable bonds is 4. The van der Waals surface area contributed by atoms with E-state index in [1.807, 2.05) is 19.1 Å². The molecule has 0 atom stereocenters. The molecule has 0 saturated carbocycles. The van der Waals surface area contributed by atoms with E-state index < -0.39 is 5.82 Å². The summed E-state index contributed by atoms with van der Waals surface area (Å²) in [6.07, 6.45) is 3.34. The van der Waals surface area contributed by atoms with Crippen LogP contribution in [-0.4, -0.2) is 14.8 Å². The van der Waals surface area contributed by atoms with Gasteiger partial charge in [0.25, 0.3) is 0 Å². The fourth-order valence-corrected chi connectivity index (χ4v) is 2.25. The standard InChI is InChI=1S/C16H13ClFN3O/c1-11-3-2-7-19-16(11)21-15(6-8-20-21)22-10-12-4-5-14(18)13(17)9-12/h2-9H,10H2,1H3. The van der Waals surface area contributed by atoms with Crippen LogP contribution in [0.3, 0.4) is 0 Å². The average Bonchev–Trinajstić information content (AvgIpc) is 2.97. The van der Waals surface area contributed by atoms with Gasteiger partial charge in [-0.1, -0.05) is 23.7 Å². The molecule has 3 aromatic rings. The van der Waals surface area contributed by atoms with Crippen LogP contribution in [0, 0.1) is 12.7 Å². The van der Waals surface area contributed by atoms with Gasteiger partial charge in [-0.3, -0.25) is 0 Å². The maximum absolute atomic E-state index is 13.1. The Hall–Kier alpha value is -2.40. The van der Waals surface area contributed by atoms with Gasteiger partial charge >= 0.3 is 0 Å². The predicted octanol–water partition coefficient (Wildman–Crippen LogP) is 3.95. The van der Waals surface area contributed by atoms with Crippen molar-refractivity contribution in [3.63, 3.8) is 0 Å². The molecule has 4 nitrogen and oxygen atoms in total. The van der Waals surface area contributed by atoms with Crippen molar-refractivity contribution in [1.29, 1.82) is 0 Å². The van der Waals surface area contributed by atoms with Crippen molar-refractivity contribution in [3.05, 3.63) is 70.8 Å². The molecule has 0 aliphatic heterocycles. The van der Waals surface area contributed by atoms with E-state index >= 15 is 0 Å². The molecule has 3 rings (SSSR count). The third kappa shape index (κ3) is 2.94. The molecular weight excluding hydrogens is 305 g/mol. The van der Waals surface area contributed by atoms with Gasteiger partial charge in [0, 0.05) is 12.3 Å². The van der Waals surface area contributed by atoms with Crippen LogP contribution in [0.1, 0.15) is 11.1 Å². The minimum Gasteiger partial charge on any atom is -0.473 e. The van der Waals surface area contributed by atoms with Gasteiger partial charge in [0.2, 0.25) is 5.88 Å². The second kappa shape index (κ2) is 6.15. The van der Waals surface area contributed by atoms with Gasteiger partial charge in [0.15, 0.2) is 5.82 Å². The van der Waals surface area contributed by atoms with Crippen LogP contribution in [0.2, 0.25) is 5.02 Å². The highest BCUT2D eigenvalue weighted by Crippen LogP contribution is 2.21. The lowest BCUT2D eigenvalue weighted by Crippen LogP contribution is -2.06. The van der Waals surface area contributed by atoms with Gasteiger partial charge < -0.3 is 4.74 Å². The zero-order chi connectivity index (χ0) is 15.5. The third-order valence-corrected chi connectivity index (χ3v) is 3.45. The molecule has 2 aromatic heterocycles. The lowest BCUT2D eigenvalue weighted by Gasteiger charge is -2.10. The third-order valence-electron chi connectivity index (χ3n) is 3.16. The van der Waals surface area contributed by atoms with Crippen LogP contribution < -0.4 is 4.74 Å². The Balaban J connectivity index is 1.81. The quantitative estimate of drug-likeness (QED) is 0.731. The molecule has 0 amide bonds. The lowest BCUT2D eigenvalue weighted by atomic mass is 10.2. The van der Waals surface area contributed by atoms with Crippen molar-refractivity contribution in [1.82, 2.24) is 14.8 Å². The van der Waals surface area contributed by atoms with Crippen LogP contribution in [0.5, 0.6) is 5.88 Å². The Morgan fingerprint density at radius 3 is 2.86 bits per heavy atom. The van der Waals surface area contributed by atoms with E-state index in [9.17, 15) is 4.39 Å². The zero-order valence-corrected chi connectivity index (χ0v) is 12.6. The highest BCUT2D eigenvalue weighted by atomic mass is 35.5. The van der Waals surface area contributed by atoms with Crippen LogP contribution in [0.15, 0.2) is 48.8 Å². The Labute approximate surface area is 132 Å². The topological polar surface area (TPSA) is 39.9 Å². The summed E-state index contributed by atoms with van der Waals surface area (Å²) in [6.45, 7) is 2.21. The molecule has 0 aliphatic carbocycles. The normalized spacial score (nSPS) is 10.7. The summed E-state index contributed by atoms with van der Waals surface area (Å²) in [5.74, 6) is 0.821. The van der Waals surface area contributed by atoms with E-state index in [4.69, 9.17) is 16.3 Å². The Kier molecular flexibility index (Phi) is 4.06. The summed E-state index contributed by atoms with van der Waals surface area (Å²) in [4.78, 5) is 4.31. The lowest BCUT2D eigenvalue weighted by molar-refractivity contribution is 0.284. The molecule has 22 heavy (non-hydrogen) atoms. The summed E-state index contributed by atoms with van der Waals surface area (Å²) in [5.41, 5.74) is 1.76. The molecular formula is C16H13ClFN3O. The maximum atomic E-state index is 13.1. The van der Waals surface area contributed by atoms with Crippen LogP contribution in [0.25, 0.3) is 5.82 Å². The molecule has 0 bridgehead atoms. The summed E-state index contributed by atoms with van der Waals surface area (Å²) >= 11 is 5.76. The summed E-state index contributed by atoms with van der Waals surface area (Å²) in [6, 6.07) is 10.1. The molecule has 0 unspecified atom stereocenters. The highest BCUT2D eigenvalue weighted by Gasteiger charge is 2.10. The predicted molar refractivity (Wildman–Crippen MR) is 81.8 cm³/mol. The van der Waals surface area contributed by atoms with Crippen molar-refractivity contribution < 1.29 is 9.13 Å². The summed E-state index contributed by atoms with van der Waals surface area (Å²) in [7, 11) is 0. The maximum Gasteiger partial charge on any atom is 0.218 e. The van der Waals surface area contributed by atoms with Crippen molar-refractivity contribution >= 4 is 11.6 Å². The van der Waals surface area contributed by atoms with E-state index in [-0.39, 0.29) is 11.6 Å². The number of hydrogen-bond acceptors (Lipinski definition) is 3. The van der Waals surface area contributed by atoms with E-state index in [1.54, 1.807) is 35.3 Å². The number of pyridine rings is 1. The molecule has 1 aromatic carbocycles. The van der Waals surface area contributed by atoms with Gasteiger partial charge in [0.1, 0.15) is 12.4 Å². The van der Waals surface area contributed by atoms with Crippen molar-refractivity contribution in [2.24, 2.45) is 0 Å². The van der Waals surface area contributed by atoms with Gasteiger partial charge in [0.05, 0.1) is 11.2 Å². The number of ether oxygens (including phenoxy) is 1. The van der Waals surface area contributed by atoms with Crippen molar-refractivity contribution in [2.45, 2.75) is 13.5 Å². The van der Waals surface area contributed by atoms with E-state index in [0.29, 0.717) is 11.7 Å². The molecule has 0 N–H and O–H groups in total. The highest BCUT2D eigenvalue weighted by molar-refractivity contribution is 6.30. The summed E-state index contributed by atoms with van der Waals surface area (Å²) in [5, 5.41) is 4.31. The molecule has 2 heterocycles. The largest absolute Gasteiger partial charge is 0.473 e. The van der Waals surface area contributed by atoms with E-state index in [1.165, 1.54) is 6.07 Å². The molecule has 0 saturated heterocycles. The van der Waals surface area contributed by atoms with Gasteiger partial charge in [-0.2, -0.15) is 9.78 Å². The number of aryl methyl sites for hydroxylation is 1. The first-order valence-electron chi connectivity index (χ1n) is 6.68. The second-order valence-corrected chi connectivity index (χ2v) is 5.17. The van der Waals surface area contributed by atoms with Gasteiger partial charge in [-0.05, 0) is 36.2 Å². The van der Waals surface area contributed by atoms with E-state index in [0.717, 1.165) is 11.1 Å². The number of aromatic nitrogens is 3. The Morgan fingerprint density at radius 1 is 1.23 bits per heavy atom. The molecule has 0 radical (unpaired) electrons. The summed E-state index contributed by atoms with van der Waals surface area (Å²) < 4.78 is 20.5. The fraction of sp³-hybridized carbons (Fsp3) is 0.125. The first-order chi connectivity index (χ1) is 10.6. The molecule has 6 heteroatoms. The van der Waals surface area contributed by atoms with Gasteiger partial charge in [-0.15, -0.1) is 0 Å². The average molecular weight is 318 g/mol. The van der Waals surface area contributed by atoms with Crippen molar-refractivity contribution in [3.8, 4) is 11.7 Å². The minimum absolute atomic E-state index is 0.0789. The number of halogens is 2. The van der Waals surface area contributed by atoms with Crippen LogP contribution in [0.4, 0.5) is 4.39 Å². The van der Waals surface area contributed by atoms with Crippen LogP contribution >= 0.6 is 11.6 Å². The number of nitrogens with zero attached hydrogens (tertiary/aromatic N) is 3. The van der Waals surface area contributed by atoms with Crippen molar-refractivity contribution in [2.75, 3.05) is 0 Å². The number of hydrogen-bond donors (Lipinski definition) is 0. The monoisotopic (exact) mass is 317 g/mol. The SMILES string of the molecule is Cc1cccnc1-n1nccc1OCc1ccc(F)c(Cl)c1. The Morgan fingerprint density at radius 2 is 2.09 bits per heavy atom. The number of benzene rings is 1. The first-order valence-corrected chi connectivity index (χ1v) is 7.05. The Bertz CT molecular complexity index is 804. The fourth-order valence-electron chi connectivity index (χ4n) is 2.05. The first kappa shape index (κ1) is 14.5. The van der Waals surface area contributed by atoms with Gasteiger partial charge in [-0.25, -0.2) is 9.37 Å². The molecule has 0 aliphatic rings. The second-order valence-electron chi connectivity index (χ2n) is 4.76. The van der Waals surface area contributed by atoms with E-state index in [2.05, 4.69) is 10.1 Å². The molecule has 0 spiro atoms. The smallest absolute Gasteiger partial charge is 0.218 e. The van der Waals surface area contributed by atoms with Crippen LogP contribution in [-0.2, 0) is 6.61 Å². The minimum atomic E-state index is -0.445.